The average molecular weight is 452 g/mol. The molecule has 3 heterocycles. The van der Waals surface area contributed by atoms with Gasteiger partial charge in [0.1, 0.15) is 17.2 Å². The number of H-pyrrole nitrogens is 1. The molecule has 1 aliphatic heterocycles. The minimum atomic E-state index is -0.329. The molecule has 1 fully saturated rings. The maximum Gasteiger partial charge on any atom is 0.218 e. The zero-order valence-electron chi connectivity index (χ0n) is 17.7. The zero-order valence-corrected chi connectivity index (χ0v) is 18.5. The number of hydrogen-bond donors (Lipinski definition) is 1. The minimum absolute atomic E-state index is 0.251. The summed E-state index contributed by atoms with van der Waals surface area (Å²) < 4.78 is 19.4. The van der Waals surface area contributed by atoms with Crippen molar-refractivity contribution in [3.63, 3.8) is 0 Å². The summed E-state index contributed by atoms with van der Waals surface area (Å²) in [7, 11) is 1.57. The third-order valence-electron chi connectivity index (χ3n) is 6.27. The molecule has 2 atom stereocenters. The molecule has 32 heavy (non-hydrogen) atoms. The number of rotatable bonds is 5. The van der Waals surface area contributed by atoms with E-state index in [2.05, 4.69) is 20.9 Å². The van der Waals surface area contributed by atoms with Crippen molar-refractivity contribution in [1.29, 1.82) is 0 Å². The lowest BCUT2D eigenvalue weighted by Gasteiger charge is -2.41. The first-order chi connectivity index (χ1) is 15.5. The Bertz CT molecular complexity index is 1270. The number of benzene rings is 1. The molecule has 164 valence electrons. The van der Waals surface area contributed by atoms with Crippen LogP contribution >= 0.6 is 11.8 Å². The van der Waals surface area contributed by atoms with Crippen molar-refractivity contribution in [2.24, 2.45) is 0 Å². The molecule has 0 saturated heterocycles. The summed E-state index contributed by atoms with van der Waals surface area (Å²) in [4.78, 5) is 33.8. The Morgan fingerprint density at radius 2 is 2.03 bits per heavy atom. The molecule has 2 unspecified atom stereocenters. The number of ether oxygens (including phenoxy) is 1. The number of carbonyl (C=O) groups is 2. The number of methoxy groups -OCH3 is 1. The van der Waals surface area contributed by atoms with Gasteiger partial charge in [-0.15, -0.1) is 0 Å². The first-order valence-electron chi connectivity index (χ1n) is 10.4. The molecule has 8 heteroatoms. The van der Waals surface area contributed by atoms with Crippen molar-refractivity contribution in [2.75, 3.05) is 26.5 Å². The van der Waals surface area contributed by atoms with Crippen molar-refractivity contribution in [1.82, 2.24) is 14.9 Å². The molecule has 3 aromatic rings. The standard InChI is InChI=1S/C24H22FN3O3S/c1-31-19-4-3-14(25)11-16(19)15-5-8-26-24-17(15)12-18(27-24)13-6-9-28(10-7-13)20-21(29)22(30)23(20)32-2/h3-6,8,11-12,20,23H,7,9-10H2,1-2H3,(H,26,27). The fourth-order valence-corrected chi connectivity index (χ4v) is 5.46. The van der Waals surface area contributed by atoms with Gasteiger partial charge in [-0.3, -0.25) is 14.5 Å². The topological polar surface area (TPSA) is 75.3 Å². The number of nitrogens with zero attached hydrogens (tertiary/aromatic N) is 2. The smallest absolute Gasteiger partial charge is 0.218 e. The molecule has 1 saturated carbocycles. The molecule has 0 bridgehead atoms. The van der Waals surface area contributed by atoms with Crippen molar-refractivity contribution in [3.8, 4) is 16.9 Å². The highest BCUT2D eigenvalue weighted by Gasteiger charge is 2.51. The molecular weight excluding hydrogens is 429 g/mol. The summed E-state index contributed by atoms with van der Waals surface area (Å²) in [6.45, 7) is 1.32. The van der Waals surface area contributed by atoms with Crippen molar-refractivity contribution in [3.05, 3.63) is 54.1 Å². The third-order valence-corrected chi connectivity index (χ3v) is 7.25. The van der Waals surface area contributed by atoms with E-state index in [1.54, 1.807) is 19.4 Å². The van der Waals surface area contributed by atoms with Crippen LogP contribution in [0.1, 0.15) is 12.1 Å². The second kappa shape index (κ2) is 8.18. The molecule has 0 radical (unpaired) electrons. The van der Waals surface area contributed by atoms with Gasteiger partial charge in [-0.05, 0) is 54.1 Å². The lowest BCUT2D eigenvalue weighted by molar-refractivity contribution is -0.147. The number of nitrogens with one attached hydrogen (secondary N) is 1. The van der Waals surface area contributed by atoms with E-state index < -0.39 is 0 Å². The van der Waals surface area contributed by atoms with Crippen LogP contribution in [-0.4, -0.2) is 64.2 Å². The molecule has 1 N–H and O–H groups in total. The Balaban J connectivity index is 1.45. The van der Waals surface area contributed by atoms with Crippen molar-refractivity contribution < 1.29 is 18.7 Å². The Morgan fingerprint density at radius 1 is 1.19 bits per heavy atom. The van der Waals surface area contributed by atoms with E-state index in [4.69, 9.17) is 4.74 Å². The van der Waals surface area contributed by atoms with Gasteiger partial charge in [-0.1, -0.05) is 6.08 Å². The van der Waals surface area contributed by atoms with Gasteiger partial charge in [-0.25, -0.2) is 9.37 Å². The summed E-state index contributed by atoms with van der Waals surface area (Å²) in [5.41, 5.74) is 4.32. The zero-order chi connectivity index (χ0) is 22.4. The Hall–Kier alpha value is -2.97. The lowest BCUT2D eigenvalue weighted by Crippen LogP contribution is -2.64. The Kier molecular flexibility index (Phi) is 5.35. The van der Waals surface area contributed by atoms with Crippen LogP contribution in [-0.2, 0) is 9.59 Å². The van der Waals surface area contributed by atoms with Gasteiger partial charge >= 0.3 is 0 Å². The van der Waals surface area contributed by atoms with E-state index in [-0.39, 0.29) is 28.7 Å². The molecule has 6 nitrogen and oxygen atoms in total. The normalized spacial score (nSPS) is 21.5. The largest absolute Gasteiger partial charge is 0.496 e. The second-order valence-corrected chi connectivity index (χ2v) is 8.93. The van der Waals surface area contributed by atoms with E-state index in [9.17, 15) is 14.0 Å². The predicted molar refractivity (Wildman–Crippen MR) is 123 cm³/mol. The lowest BCUT2D eigenvalue weighted by atomic mass is 9.86. The number of fused-ring (bicyclic) bond motifs is 1. The van der Waals surface area contributed by atoms with Gasteiger partial charge in [0.2, 0.25) is 11.6 Å². The van der Waals surface area contributed by atoms with E-state index in [1.165, 1.54) is 23.9 Å². The highest BCUT2D eigenvalue weighted by atomic mass is 32.2. The number of thioether (sulfide) groups is 1. The molecule has 5 rings (SSSR count). The highest BCUT2D eigenvalue weighted by molar-refractivity contribution is 8.00. The molecular formula is C24H22FN3O3S. The maximum absolute atomic E-state index is 14.0. The van der Waals surface area contributed by atoms with Gasteiger partial charge in [0.15, 0.2) is 0 Å². The minimum Gasteiger partial charge on any atom is -0.496 e. The fraction of sp³-hybridized carbons (Fsp3) is 0.292. The van der Waals surface area contributed by atoms with E-state index in [0.717, 1.165) is 28.6 Å². The number of aromatic nitrogens is 2. The van der Waals surface area contributed by atoms with Crippen LogP contribution in [0.2, 0.25) is 0 Å². The summed E-state index contributed by atoms with van der Waals surface area (Å²) in [6, 6.07) is 8.05. The van der Waals surface area contributed by atoms with Crippen molar-refractivity contribution in [2.45, 2.75) is 17.7 Å². The molecule has 1 aliphatic carbocycles. The van der Waals surface area contributed by atoms with Crippen LogP contribution in [0.5, 0.6) is 5.75 Å². The van der Waals surface area contributed by atoms with Crippen LogP contribution in [0.25, 0.3) is 27.7 Å². The number of pyridine rings is 1. The van der Waals surface area contributed by atoms with E-state index in [0.29, 0.717) is 30.0 Å². The van der Waals surface area contributed by atoms with Gasteiger partial charge in [0.25, 0.3) is 0 Å². The number of hydrogen-bond acceptors (Lipinski definition) is 6. The molecule has 2 aliphatic rings. The van der Waals surface area contributed by atoms with E-state index in [1.807, 2.05) is 18.4 Å². The first kappa shape index (κ1) is 20.9. The summed E-state index contributed by atoms with van der Waals surface area (Å²) in [5, 5.41) is 0.635. The Morgan fingerprint density at radius 3 is 2.75 bits per heavy atom. The SMILES string of the molecule is COc1ccc(F)cc1-c1ccnc2[nH]c(C3=CCN(C4C(=O)C(=O)C4SC)CC3)cc12. The number of carbonyl (C=O) groups excluding carboxylic acids is 2. The van der Waals surface area contributed by atoms with Gasteiger partial charge in [0.05, 0.1) is 18.4 Å². The second-order valence-electron chi connectivity index (χ2n) is 7.95. The van der Waals surface area contributed by atoms with Crippen LogP contribution in [0.4, 0.5) is 4.39 Å². The average Bonchev–Trinajstić information content (AvgIpc) is 3.26. The highest BCUT2D eigenvalue weighted by Crippen LogP contribution is 2.37. The monoisotopic (exact) mass is 451 g/mol. The van der Waals surface area contributed by atoms with Crippen LogP contribution in [0, 0.1) is 5.82 Å². The third kappa shape index (κ3) is 3.34. The first-order valence-corrected chi connectivity index (χ1v) is 11.7. The predicted octanol–water partition coefficient (Wildman–Crippen LogP) is 3.72. The molecule has 0 spiro atoms. The fourth-order valence-electron chi connectivity index (χ4n) is 4.57. The number of halogens is 1. The van der Waals surface area contributed by atoms with Crippen molar-refractivity contribution >= 4 is 39.9 Å². The molecule has 0 amide bonds. The number of aromatic amines is 1. The quantitative estimate of drug-likeness (QED) is 0.596. The Labute approximate surface area is 188 Å². The van der Waals surface area contributed by atoms with Gasteiger partial charge in [-0.2, -0.15) is 11.8 Å². The molecule has 1 aromatic carbocycles. The van der Waals surface area contributed by atoms with Crippen LogP contribution in [0.15, 0.2) is 42.6 Å². The summed E-state index contributed by atoms with van der Waals surface area (Å²) in [6.07, 6.45) is 6.42. The summed E-state index contributed by atoms with van der Waals surface area (Å²) >= 11 is 1.44. The molecule has 2 aromatic heterocycles. The van der Waals surface area contributed by atoms with E-state index >= 15 is 0 Å². The number of ketones is 2. The van der Waals surface area contributed by atoms with Gasteiger partial charge in [0, 0.05) is 35.9 Å². The van der Waals surface area contributed by atoms with Crippen LogP contribution < -0.4 is 4.74 Å². The van der Waals surface area contributed by atoms with Gasteiger partial charge < -0.3 is 9.72 Å². The van der Waals surface area contributed by atoms with Crippen LogP contribution in [0.3, 0.4) is 0 Å². The maximum atomic E-state index is 14.0. The summed E-state index contributed by atoms with van der Waals surface area (Å²) in [5.74, 6) is -0.273. The number of Topliss-reactive ketones (excluding diaryl/α,β-unsaturated/α-hetero) is 2.